The van der Waals surface area contributed by atoms with Crippen molar-refractivity contribution in [3.63, 3.8) is 0 Å². The number of ether oxygens (including phenoxy) is 2. The smallest absolute Gasteiger partial charge is 0.274 e. The third-order valence-electron chi connectivity index (χ3n) is 7.81. The number of aryl methyl sites for hydroxylation is 1. The van der Waals surface area contributed by atoms with Gasteiger partial charge in [-0.25, -0.2) is 0 Å². The van der Waals surface area contributed by atoms with Crippen LogP contribution in [0.5, 0.6) is 5.75 Å². The first-order valence-electron chi connectivity index (χ1n) is 15.6. The zero-order valence-electron chi connectivity index (χ0n) is 27.2. The minimum absolute atomic E-state index is 0.00433. The molecule has 4 aromatic rings. The molecule has 4 heterocycles. The normalized spacial score (nSPS) is 13.6. The van der Waals surface area contributed by atoms with Gasteiger partial charge >= 0.3 is 0 Å². The predicted molar refractivity (Wildman–Crippen MR) is 182 cm³/mol. The minimum Gasteiger partial charge on any atom is -0.497 e. The van der Waals surface area contributed by atoms with E-state index in [4.69, 9.17) is 9.47 Å². The molecule has 3 N–H and O–H groups in total. The lowest BCUT2D eigenvalue weighted by molar-refractivity contribution is 0.0383. The monoisotopic (exact) mass is 639 g/mol. The Morgan fingerprint density at radius 1 is 0.894 bits per heavy atom. The average molecular weight is 640 g/mol. The van der Waals surface area contributed by atoms with Crippen LogP contribution in [0.3, 0.4) is 0 Å². The summed E-state index contributed by atoms with van der Waals surface area (Å²) in [6.07, 6.45) is 8.91. The standard InChI is InChI=1S/C35H41N7O5/c1-24(2)42-23-28(20-32(42)34(44)36-13-14-41-15-17-47-18-16-41)39-35(45)31-19-27(22-40(31)3)38-33(43)30-12-9-26(21-37-30)6-5-25-7-10-29(46-4)11-8-25/h5-12,19-24H,13-18H2,1-4H3,(H,36,44)(H,38,43)(H,39,45)/b6-5+. The Labute approximate surface area is 274 Å². The second-order valence-corrected chi connectivity index (χ2v) is 11.5. The van der Waals surface area contributed by atoms with Gasteiger partial charge in [0.2, 0.25) is 0 Å². The fourth-order valence-electron chi connectivity index (χ4n) is 5.19. The molecule has 246 valence electrons. The van der Waals surface area contributed by atoms with Crippen LogP contribution in [0.4, 0.5) is 11.4 Å². The quantitative estimate of drug-likeness (QED) is 0.207. The molecule has 0 bridgehead atoms. The topological polar surface area (TPSA) is 132 Å². The van der Waals surface area contributed by atoms with E-state index in [1.807, 2.05) is 60.9 Å². The van der Waals surface area contributed by atoms with Crippen LogP contribution >= 0.6 is 0 Å². The zero-order valence-corrected chi connectivity index (χ0v) is 27.2. The lowest BCUT2D eigenvalue weighted by atomic mass is 10.1. The summed E-state index contributed by atoms with van der Waals surface area (Å²) in [7, 11) is 3.35. The van der Waals surface area contributed by atoms with Crippen LogP contribution in [0.15, 0.2) is 67.1 Å². The van der Waals surface area contributed by atoms with Gasteiger partial charge in [0.25, 0.3) is 17.7 Å². The van der Waals surface area contributed by atoms with E-state index in [9.17, 15) is 14.4 Å². The maximum Gasteiger partial charge on any atom is 0.274 e. The SMILES string of the molecule is COc1ccc(/C=C/c2ccc(C(=O)Nc3cc(C(=O)Nc4cc(C(=O)NCCN5CCOCC5)n(C(C)C)c4)n(C)c3)nc2)cc1. The number of aromatic nitrogens is 3. The fourth-order valence-corrected chi connectivity index (χ4v) is 5.19. The number of nitrogens with zero attached hydrogens (tertiary/aromatic N) is 4. The van der Waals surface area contributed by atoms with E-state index in [1.165, 1.54) is 0 Å². The Morgan fingerprint density at radius 2 is 1.55 bits per heavy atom. The van der Waals surface area contributed by atoms with Gasteiger partial charge in [-0.3, -0.25) is 24.3 Å². The average Bonchev–Trinajstić information content (AvgIpc) is 3.68. The first kappa shape index (κ1) is 33.2. The third kappa shape index (κ3) is 8.75. The highest BCUT2D eigenvalue weighted by Gasteiger charge is 2.20. The Morgan fingerprint density at radius 3 is 2.23 bits per heavy atom. The molecule has 0 unspecified atom stereocenters. The van der Waals surface area contributed by atoms with Crippen LogP contribution in [-0.4, -0.2) is 83.2 Å². The van der Waals surface area contributed by atoms with E-state index in [1.54, 1.807) is 55.5 Å². The van der Waals surface area contributed by atoms with Crippen molar-refractivity contribution in [1.29, 1.82) is 0 Å². The van der Waals surface area contributed by atoms with Crippen LogP contribution < -0.4 is 20.7 Å². The van der Waals surface area contributed by atoms with Gasteiger partial charge in [0.1, 0.15) is 22.8 Å². The van der Waals surface area contributed by atoms with Crippen molar-refractivity contribution >= 4 is 41.2 Å². The van der Waals surface area contributed by atoms with Crippen LogP contribution in [0, 0.1) is 0 Å². The summed E-state index contributed by atoms with van der Waals surface area (Å²) in [5, 5.41) is 8.70. The number of benzene rings is 1. The number of nitrogens with one attached hydrogen (secondary N) is 3. The highest BCUT2D eigenvalue weighted by atomic mass is 16.5. The molecule has 1 aliphatic heterocycles. The second kappa shape index (κ2) is 15.4. The van der Waals surface area contributed by atoms with Crippen molar-refractivity contribution in [1.82, 2.24) is 24.3 Å². The summed E-state index contributed by atoms with van der Waals surface area (Å²) in [6, 6.07) is 14.4. The highest BCUT2D eigenvalue weighted by Crippen LogP contribution is 2.21. The van der Waals surface area contributed by atoms with Crippen molar-refractivity contribution in [2.75, 3.05) is 57.1 Å². The number of hydrogen-bond acceptors (Lipinski definition) is 7. The fraction of sp³-hybridized carbons (Fsp3) is 0.314. The van der Waals surface area contributed by atoms with Gasteiger partial charge in [-0.1, -0.05) is 30.4 Å². The molecule has 0 saturated carbocycles. The molecule has 3 amide bonds. The number of anilines is 2. The molecule has 12 nitrogen and oxygen atoms in total. The highest BCUT2D eigenvalue weighted by molar-refractivity contribution is 6.07. The molecule has 1 saturated heterocycles. The van der Waals surface area contributed by atoms with E-state index >= 15 is 0 Å². The number of carbonyl (C=O) groups is 3. The van der Waals surface area contributed by atoms with Gasteiger partial charge in [0, 0.05) is 57.9 Å². The number of hydrogen-bond donors (Lipinski definition) is 3. The van der Waals surface area contributed by atoms with Crippen molar-refractivity contribution in [2.24, 2.45) is 7.05 Å². The maximum atomic E-state index is 13.2. The number of amides is 3. The molecule has 1 fully saturated rings. The molecule has 1 aliphatic rings. The lowest BCUT2D eigenvalue weighted by Crippen LogP contribution is -2.41. The summed E-state index contributed by atoms with van der Waals surface area (Å²) in [6.45, 7) is 8.34. The summed E-state index contributed by atoms with van der Waals surface area (Å²) in [5.74, 6) is -0.186. The molecule has 0 spiro atoms. The van der Waals surface area contributed by atoms with E-state index in [0.717, 1.165) is 36.5 Å². The number of pyridine rings is 1. The molecule has 0 radical (unpaired) electrons. The van der Waals surface area contributed by atoms with Crippen molar-refractivity contribution < 1.29 is 23.9 Å². The van der Waals surface area contributed by atoms with E-state index in [2.05, 4.69) is 25.8 Å². The molecule has 0 atom stereocenters. The second-order valence-electron chi connectivity index (χ2n) is 11.5. The van der Waals surface area contributed by atoms with Crippen molar-refractivity contribution in [3.8, 4) is 5.75 Å². The van der Waals surface area contributed by atoms with Gasteiger partial charge in [0.15, 0.2) is 0 Å². The Kier molecular flexibility index (Phi) is 10.9. The van der Waals surface area contributed by atoms with Crippen LogP contribution in [0.1, 0.15) is 62.5 Å². The Balaban J connectivity index is 1.17. The van der Waals surface area contributed by atoms with E-state index in [0.29, 0.717) is 42.5 Å². The van der Waals surface area contributed by atoms with Crippen LogP contribution in [-0.2, 0) is 11.8 Å². The Hall–Kier alpha value is -5.20. The van der Waals surface area contributed by atoms with E-state index in [-0.39, 0.29) is 23.6 Å². The lowest BCUT2D eigenvalue weighted by Gasteiger charge is -2.26. The molecule has 12 heteroatoms. The van der Waals surface area contributed by atoms with Gasteiger partial charge in [-0.05, 0) is 55.3 Å². The third-order valence-corrected chi connectivity index (χ3v) is 7.81. The first-order chi connectivity index (χ1) is 22.7. The van der Waals surface area contributed by atoms with Crippen LogP contribution in [0.25, 0.3) is 12.2 Å². The molecule has 3 aromatic heterocycles. The van der Waals surface area contributed by atoms with Crippen molar-refractivity contribution in [2.45, 2.75) is 19.9 Å². The maximum absolute atomic E-state index is 13.2. The molecular formula is C35H41N7O5. The number of methoxy groups -OCH3 is 1. The zero-order chi connectivity index (χ0) is 33.3. The van der Waals surface area contributed by atoms with Crippen molar-refractivity contribution in [3.05, 3.63) is 95.3 Å². The van der Waals surface area contributed by atoms with E-state index < -0.39 is 5.91 Å². The first-order valence-corrected chi connectivity index (χ1v) is 15.6. The van der Waals surface area contributed by atoms with Crippen LogP contribution in [0.2, 0.25) is 0 Å². The summed E-state index contributed by atoms with van der Waals surface area (Å²) in [4.78, 5) is 45.8. The van der Waals surface area contributed by atoms with Gasteiger partial charge in [-0.15, -0.1) is 0 Å². The summed E-state index contributed by atoms with van der Waals surface area (Å²) >= 11 is 0. The molecule has 1 aromatic carbocycles. The minimum atomic E-state index is -0.397. The van der Waals surface area contributed by atoms with Gasteiger partial charge < -0.3 is 34.6 Å². The van der Waals surface area contributed by atoms with Gasteiger partial charge in [-0.2, -0.15) is 0 Å². The number of rotatable bonds is 12. The predicted octanol–water partition coefficient (Wildman–Crippen LogP) is 4.55. The number of morpholine rings is 1. The van der Waals surface area contributed by atoms with Gasteiger partial charge in [0.05, 0.1) is 31.7 Å². The molecule has 5 rings (SSSR count). The molecular weight excluding hydrogens is 598 g/mol. The largest absolute Gasteiger partial charge is 0.497 e. The number of carbonyl (C=O) groups excluding carboxylic acids is 3. The molecule has 0 aliphatic carbocycles. The Bertz CT molecular complexity index is 1720. The summed E-state index contributed by atoms with van der Waals surface area (Å²) < 4.78 is 14.0. The molecule has 47 heavy (non-hydrogen) atoms. The summed E-state index contributed by atoms with van der Waals surface area (Å²) in [5.41, 5.74) is 3.85.